The summed E-state index contributed by atoms with van der Waals surface area (Å²) in [6.45, 7) is 4.98. The van der Waals surface area contributed by atoms with Crippen LogP contribution >= 0.6 is 11.6 Å². The molecule has 0 atom stereocenters. The van der Waals surface area contributed by atoms with Gasteiger partial charge in [-0.15, -0.1) is 0 Å². The number of nitrogens with two attached hydrogens (primary N) is 1. The Kier molecular flexibility index (Phi) is 4.21. The molecule has 1 heterocycles. The molecule has 0 radical (unpaired) electrons. The van der Waals surface area contributed by atoms with Crippen LogP contribution in [0.1, 0.15) is 12.6 Å². The predicted octanol–water partition coefficient (Wildman–Crippen LogP) is 0.605. The maximum Gasteiger partial charge on any atom is 0.127 e. The van der Waals surface area contributed by atoms with Gasteiger partial charge in [-0.1, -0.05) is 11.6 Å². The van der Waals surface area contributed by atoms with E-state index in [1.807, 2.05) is 13.0 Å². The number of rotatable bonds is 5. The van der Waals surface area contributed by atoms with E-state index in [1.165, 1.54) is 0 Å². The van der Waals surface area contributed by atoms with Crippen molar-refractivity contribution in [2.45, 2.75) is 20.0 Å². The Labute approximate surface area is 83.1 Å². The van der Waals surface area contributed by atoms with Gasteiger partial charge in [0.15, 0.2) is 0 Å². The summed E-state index contributed by atoms with van der Waals surface area (Å²) in [7, 11) is 0. The molecule has 13 heavy (non-hydrogen) atoms. The Hall–Kier alpha value is -0.580. The molecule has 3 N–H and O–H groups in total. The molecule has 0 saturated carbocycles. The summed E-state index contributed by atoms with van der Waals surface area (Å²) in [5, 5.41) is 8.13. The van der Waals surface area contributed by atoms with E-state index in [0.717, 1.165) is 25.3 Å². The second kappa shape index (κ2) is 5.21. The smallest absolute Gasteiger partial charge is 0.127 e. The molecule has 5 heteroatoms. The van der Waals surface area contributed by atoms with Crippen LogP contribution in [0.3, 0.4) is 0 Å². The van der Waals surface area contributed by atoms with Crippen molar-refractivity contribution in [3.05, 3.63) is 16.9 Å². The molecule has 0 amide bonds. The SMILES string of the molecule is CCn1nc(CNCCN)cc1Cl. The second-order valence-corrected chi connectivity index (χ2v) is 3.13. The quantitative estimate of drug-likeness (QED) is 0.688. The first-order valence-electron chi connectivity index (χ1n) is 4.41. The molecule has 74 valence electrons. The van der Waals surface area contributed by atoms with Crippen molar-refractivity contribution >= 4 is 11.6 Å². The number of hydrogen-bond acceptors (Lipinski definition) is 3. The summed E-state index contributed by atoms with van der Waals surface area (Å²) in [5.41, 5.74) is 6.30. The van der Waals surface area contributed by atoms with Gasteiger partial charge in [-0.2, -0.15) is 5.10 Å². The van der Waals surface area contributed by atoms with Crippen molar-refractivity contribution in [1.29, 1.82) is 0 Å². The minimum Gasteiger partial charge on any atom is -0.329 e. The number of hydrogen-bond donors (Lipinski definition) is 2. The van der Waals surface area contributed by atoms with Gasteiger partial charge >= 0.3 is 0 Å². The number of aromatic nitrogens is 2. The lowest BCUT2D eigenvalue weighted by atomic mass is 10.4. The number of nitrogens with one attached hydrogen (secondary N) is 1. The summed E-state index contributed by atoms with van der Waals surface area (Å²) >= 11 is 5.91. The molecule has 0 bridgehead atoms. The maximum atomic E-state index is 5.91. The van der Waals surface area contributed by atoms with Gasteiger partial charge < -0.3 is 11.1 Å². The average Bonchev–Trinajstić information content (AvgIpc) is 2.47. The van der Waals surface area contributed by atoms with E-state index in [1.54, 1.807) is 4.68 Å². The molecule has 0 saturated heterocycles. The third-order valence-electron chi connectivity index (χ3n) is 1.71. The summed E-state index contributed by atoms with van der Waals surface area (Å²) < 4.78 is 1.76. The molecular formula is C8H15ClN4. The van der Waals surface area contributed by atoms with E-state index < -0.39 is 0 Å². The number of nitrogens with zero attached hydrogens (tertiary/aromatic N) is 2. The van der Waals surface area contributed by atoms with E-state index in [9.17, 15) is 0 Å². The zero-order chi connectivity index (χ0) is 9.68. The van der Waals surface area contributed by atoms with E-state index in [0.29, 0.717) is 11.7 Å². The lowest BCUT2D eigenvalue weighted by Crippen LogP contribution is -2.22. The molecule has 1 aromatic heterocycles. The summed E-state index contributed by atoms with van der Waals surface area (Å²) in [5.74, 6) is 0. The molecular weight excluding hydrogens is 188 g/mol. The summed E-state index contributed by atoms with van der Waals surface area (Å²) in [4.78, 5) is 0. The Balaban J connectivity index is 2.48. The van der Waals surface area contributed by atoms with Crippen LogP contribution in [0.15, 0.2) is 6.07 Å². The molecule has 1 aromatic rings. The molecule has 1 rings (SSSR count). The first-order chi connectivity index (χ1) is 6.27. The highest BCUT2D eigenvalue weighted by Crippen LogP contribution is 2.10. The van der Waals surface area contributed by atoms with Gasteiger partial charge in [0, 0.05) is 26.2 Å². The minimum atomic E-state index is 0.641. The zero-order valence-electron chi connectivity index (χ0n) is 7.76. The van der Waals surface area contributed by atoms with Gasteiger partial charge in [0.1, 0.15) is 5.15 Å². The van der Waals surface area contributed by atoms with E-state index in [4.69, 9.17) is 17.3 Å². The summed E-state index contributed by atoms with van der Waals surface area (Å²) in [6.07, 6.45) is 0. The molecule has 0 unspecified atom stereocenters. The molecule has 0 aliphatic heterocycles. The Morgan fingerprint density at radius 1 is 1.69 bits per heavy atom. The lowest BCUT2D eigenvalue weighted by Gasteiger charge is -1.98. The standard InChI is InChI=1S/C8H15ClN4/c1-2-13-8(9)5-7(12-13)6-11-4-3-10/h5,11H,2-4,6,10H2,1H3. The molecule has 0 fully saturated rings. The first kappa shape index (κ1) is 10.5. The minimum absolute atomic E-state index is 0.641. The van der Waals surface area contributed by atoms with Gasteiger partial charge in [-0.25, -0.2) is 0 Å². The Bertz CT molecular complexity index is 259. The van der Waals surface area contributed by atoms with Crippen LogP contribution in [0.4, 0.5) is 0 Å². The normalized spacial score (nSPS) is 10.7. The monoisotopic (exact) mass is 202 g/mol. The zero-order valence-corrected chi connectivity index (χ0v) is 8.51. The highest BCUT2D eigenvalue weighted by Gasteiger charge is 2.02. The van der Waals surface area contributed by atoms with E-state index >= 15 is 0 Å². The molecule has 4 nitrogen and oxygen atoms in total. The van der Waals surface area contributed by atoms with Gasteiger partial charge in [-0.05, 0) is 13.0 Å². The van der Waals surface area contributed by atoms with Crippen LogP contribution in [0.5, 0.6) is 0 Å². The van der Waals surface area contributed by atoms with Crippen LogP contribution in [0.2, 0.25) is 5.15 Å². The largest absolute Gasteiger partial charge is 0.329 e. The second-order valence-electron chi connectivity index (χ2n) is 2.74. The topological polar surface area (TPSA) is 55.9 Å². The highest BCUT2D eigenvalue weighted by molar-refractivity contribution is 6.29. The molecule has 0 spiro atoms. The van der Waals surface area contributed by atoms with Crippen molar-refractivity contribution in [2.75, 3.05) is 13.1 Å². The van der Waals surface area contributed by atoms with Crippen LogP contribution in [-0.4, -0.2) is 22.9 Å². The molecule has 0 aromatic carbocycles. The van der Waals surface area contributed by atoms with Crippen molar-refractivity contribution in [2.24, 2.45) is 5.73 Å². The van der Waals surface area contributed by atoms with Crippen LogP contribution in [0.25, 0.3) is 0 Å². The van der Waals surface area contributed by atoms with Crippen LogP contribution in [0, 0.1) is 0 Å². The summed E-state index contributed by atoms with van der Waals surface area (Å²) in [6, 6.07) is 1.87. The fourth-order valence-corrected chi connectivity index (χ4v) is 1.35. The van der Waals surface area contributed by atoms with Crippen molar-refractivity contribution in [3.8, 4) is 0 Å². The number of halogens is 1. The van der Waals surface area contributed by atoms with Crippen molar-refractivity contribution in [1.82, 2.24) is 15.1 Å². The molecule has 0 aliphatic rings. The Morgan fingerprint density at radius 2 is 2.46 bits per heavy atom. The van der Waals surface area contributed by atoms with Gasteiger partial charge in [-0.3, -0.25) is 4.68 Å². The van der Waals surface area contributed by atoms with Gasteiger partial charge in [0.25, 0.3) is 0 Å². The molecule has 0 aliphatic carbocycles. The first-order valence-corrected chi connectivity index (χ1v) is 4.78. The Morgan fingerprint density at radius 3 is 3.00 bits per heavy atom. The van der Waals surface area contributed by atoms with Gasteiger partial charge in [0.2, 0.25) is 0 Å². The number of aryl methyl sites for hydroxylation is 1. The fourth-order valence-electron chi connectivity index (χ4n) is 1.07. The fraction of sp³-hybridized carbons (Fsp3) is 0.625. The van der Waals surface area contributed by atoms with Crippen molar-refractivity contribution in [3.63, 3.8) is 0 Å². The highest BCUT2D eigenvalue weighted by atomic mass is 35.5. The third kappa shape index (κ3) is 2.99. The maximum absolute atomic E-state index is 5.91. The van der Waals surface area contributed by atoms with E-state index in [-0.39, 0.29) is 0 Å². The van der Waals surface area contributed by atoms with E-state index in [2.05, 4.69) is 10.4 Å². The predicted molar refractivity (Wildman–Crippen MR) is 53.7 cm³/mol. The van der Waals surface area contributed by atoms with Gasteiger partial charge in [0.05, 0.1) is 5.69 Å². The van der Waals surface area contributed by atoms with Crippen LogP contribution < -0.4 is 11.1 Å². The van der Waals surface area contributed by atoms with Crippen molar-refractivity contribution < 1.29 is 0 Å². The average molecular weight is 203 g/mol. The third-order valence-corrected chi connectivity index (χ3v) is 2.01. The lowest BCUT2D eigenvalue weighted by molar-refractivity contribution is 0.622. The van der Waals surface area contributed by atoms with Crippen LogP contribution in [-0.2, 0) is 13.1 Å².